The second-order valence-electron chi connectivity index (χ2n) is 8.57. The van der Waals surface area contributed by atoms with Gasteiger partial charge in [-0.15, -0.1) is 0 Å². The molecule has 0 bridgehead atoms. The smallest absolute Gasteiger partial charge is 0.344 e. The summed E-state index contributed by atoms with van der Waals surface area (Å²) in [4.78, 5) is 38.8. The Balaban J connectivity index is 1.64. The Morgan fingerprint density at radius 1 is 1.18 bits per heavy atom. The van der Waals surface area contributed by atoms with Gasteiger partial charge < -0.3 is 9.88 Å². The van der Waals surface area contributed by atoms with Crippen LogP contribution in [0.1, 0.15) is 39.8 Å². The number of carbonyl (C=O) groups excluding carboxylic acids is 3. The number of ketones is 1. The van der Waals surface area contributed by atoms with E-state index < -0.39 is 51.4 Å². The maximum absolute atomic E-state index is 14.1. The average Bonchev–Trinajstić information content (AvgIpc) is 3.34. The van der Waals surface area contributed by atoms with Crippen molar-refractivity contribution >= 4 is 27.6 Å². The lowest BCUT2D eigenvalue weighted by Crippen LogP contribution is -2.55. The molecule has 2 aliphatic heterocycles. The van der Waals surface area contributed by atoms with Crippen LogP contribution in [0.3, 0.4) is 0 Å². The zero-order valence-corrected chi connectivity index (χ0v) is 19.2. The zero-order chi connectivity index (χ0) is 25.1. The predicted octanol–water partition coefficient (Wildman–Crippen LogP) is 2.66. The minimum absolute atomic E-state index is 0.0273. The second kappa shape index (κ2) is 7.97. The highest BCUT2D eigenvalue weighted by Crippen LogP contribution is 2.43. The fourth-order valence-corrected chi connectivity index (χ4v) is 6.49. The van der Waals surface area contributed by atoms with Crippen molar-refractivity contribution in [3.8, 4) is 0 Å². The zero-order valence-electron chi connectivity index (χ0n) is 18.3. The first-order chi connectivity index (χ1) is 15.8. The van der Waals surface area contributed by atoms with Crippen LogP contribution in [0.25, 0.3) is 0 Å². The molecule has 1 aromatic heterocycles. The van der Waals surface area contributed by atoms with Crippen molar-refractivity contribution in [2.75, 3.05) is 18.1 Å². The fourth-order valence-electron chi connectivity index (χ4n) is 4.79. The number of hydrogen-bond acceptors (Lipinski definition) is 5. The molecule has 34 heavy (non-hydrogen) atoms. The summed E-state index contributed by atoms with van der Waals surface area (Å²) in [7, 11) is -3.19. The summed E-state index contributed by atoms with van der Waals surface area (Å²) in [6.07, 6.45) is -4.77. The van der Waals surface area contributed by atoms with E-state index in [1.165, 1.54) is 24.3 Å². The Kier molecular flexibility index (Phi) is 5.62. The molecule has 0 radical (unpaired) electrons. The molecule has 12 heteroatoms. The third kappa shape index (κ3) is 3.69. The molecule has 1 aromatic carbocycles. The molecule has 0 aliphatic carbocycles. The summed E-state index contributed by atoms with van der Waals surface area (Å²) in [5, 5.41) is 1.75. The van der Waals surface area contributed by atoms with Crippen LogP contribution in [-0.2, 0) is 20.2 Å². The number of rotatable bonds is 5. The summed E-state index contributed by atoms with van der Waals surface area (Å²) >= 11 is 0. The van der Waals surface area contributed by atoms with Crippen molar-refractivity contribution in [2.24, 2.45) is 0 Å². The predicted molar refractivity (Wildman–Crippen MR) is 115 cm³/mol. The van der Waals surface area contributed by atoms with Gasteiger partial charge in [-0.1, -0.05) is 30.3 Å². The minimum Gasteiger partial charge on any atom is -0.344 e. The van der Waals surface area contributed by atoms with Crippen LogP contribution in [0.15, 0.2) is 36.4 Å². The second-order valence-corrected chi connectivity index (χ2v) is 10.8. The van der Waals surface area contributed by atoms with E-state index in [1.807, 2.05) is 0 Å². The number of benzene rings is 1. The molecule has 8 nitrogen and oxygen atoms in total. The van der Waals surface area contributed by atoms with Gasteiger partial charge in [0.25, 0.3) is 5.91 Å². The molecule has 3 heterocycles. The molecule has 182 valence electrons. The van der Waals surface area contributed by atoms with Gasteiger partial charge in [-0.2, -0.15) is 13.2 Å². The van der Waals surface area contributed by atoms with Crippen LogP contribution in [0.2, 0.25) is 0 Å². The molecule has 2 saturated heterocycles. The van der Waals surface area contributed by atoms with Gasteiger partial charge in [-0.25, -0.2) is 13.2 Å². The monoisotopic (exact) mass is 497 g/mol. The van der Waals surface area contributed by atoms with Crippen molar-refractivity contribution in [1.29, 1.82) is 0 Å². The Morgan fingerprint density at radius 2 is 1.82 bits per heavy atom. The third-order valence-electron chi connectivity index (χ3n) is 6.40. The Labute approximate surface area is 193 Å². The highest BCUT2D eigenvalue weighted by molar-refractivity contribution is 7.91. The van der Waals surface area contributed by atoms with Gasteiger partial charge in [-0.3, -0.25) is 14.5 Å². The van der Waals surface area contributed by atoms with Crippen LogP contribution >= 0.6 is 0 Å². The maximum Gasteiger partial charge on any atom is 0.425 e. The normalized spacial score (nSPS) is 24.5. The van der Waals surface area contributed by atoms with E-state index in [9.17, 15) is 36.0 Å². The lowest BCUT2D eigenvalue weighted by Gasteiger charge is -2.29. The molecule has 2 unspecified atom stereocenters. The van der Waals surface area contributed by atoms with E-state index in [0.29, 0.717) is 17.8 Å². The van der Waals surface area contributed by atoms with Gasteiger partial charge >= 0.3 is 12.2 Å². The standard InChI is InChI=1S/C22H22F3N3O5S/c1-13-10-17(14(2)28(13)16-8-9-34(32,33)12-16)18(29)11-27-19(30)21(22(23,24)25,26-20(27)31)15-6-4-3-5-7-15/h3-7,10,16H,8-9,11-12H2,1-2H3,(H,26,31). The summed E-state index contributed by atoms with van der Waals surface area (Å²) in [5.74, 6) is -2.36. The lowest BCUT2D eigenvalue weighted by atomic mass is 9.89. The summed E-state index contributed by atoms with van der Waals surface area (Å²) < 4.78 is 67.8. The molecular formula is C22H22F3N3O5S. The van der Waals surface area contributed by atoms with E-state index in [2.05, 4.69) is 0 Å². The average molecular weight is 497 g/mol. The number of sulfone groups is 1. The topological polar surface area (TPSA) is 106 Å². The first-order valence-electron chi connectivity index (χ1n) is 10.5. The molecule has 0 spiro atoms. The van der Waals surface area contributed by atoms with Gasteiger partial charge in [0.2, 0.25) is 5.54 Å². The SMILES string of the molecule is Cc1cc(C(=O)CN2C(=O)NC(c3ccccc3)(C(F)(F)F)C2=O)c(C)n1C1CCS(=O)(=O)C1. The molecule has 4 rings (SSSR count). The van der Waals surface area contributed by atoms with E-state index in [0.717, 1.165) is 12.1 Å². The number of amides is 3. The number of aromatic nitrogens is 1. The van der Waals surface area contributed by atoms with Crippen molar-refractivity contribution in [3.05, 3.63) is 58.9 Å². The number of nitrogens with zero attached hydrogens (tertiary/aromatic N) is 2. The highest BCUT2D eigenvalue weighted by Gasteiger charge is 2.68. The number of halogens is 3. The quantitative estimate of drug-likeness (QED) is 0.505. The van der Waals surface area contributed by atoms with Crippen LogP contribution in [0.5, 0.6) is 0 Å². The van der Waals surface area contributed by atoms with E-state index in [-0.39, 0.29) is 28.0 Å². The number of Topliss-reactive ketones (excluding diaryl/α,β-unsaturated/α-hetero) is 1. The number of imide groups is 1. The number of urea groups is 1. The Morgan fingerprint density at radius 3 is 2.38 bits per heavy atom. The van der Waals surface area contributed by atoms with E-state index in [1.54, 1.807) is 23.7 Å². The maximum atomic E-state index is 14.1. The minimum atomic E-state index is -5.15. The molecule has 2 fully saturated rings. The van der Waals surface area contributed by atoms with Crippen LogP contribution in [0.4, 0.5) is 18.0 Å². The van der Waals surface area contributed by atoms with Gasteiger partial charge in [0, 0.05) is 23.0 Å². The highest BCUT2D eigenvalue weighted by atomic mass is 32.2. The molecule has 1 N–H and O–H groups in total. The number of carbonyl (C=O) groups is 3. The van der Waals surface area contributed by atoms with Crippen molar-refractivity contribution in [2.45, 2.75) is 38.0 Å². The Bertz CT molecular complexity index is 1290. The fraction of sp³-hybridized carbons (Fsp3) is 0.409. The number of alkyl halides is 3. The van der Waals surface area contributed by atoms with Gasteiger partial charge in [-0.05, 0) is 31.9 Å². The largest absolute Gasteiger partial charge is 0.425 e. The van der Waals surface area contributed by atoms with Crippen LogP contribution < -0.4 is 5.32 Å². The first kappa shape index (κ1) is 24.0. The van der Waals surface area contributed by atoms with Crippen molar-refractivity contribution in [3.63, 3.8) is 0 Å². The number of aryl methyl sites for hydroxylation is 1. The van der Waals surface area contributed by atoms with Gasteiger partial charge in [0.1, 0.15) is 0 Å². The molecule has 2 aliphatic rings. The van der Waals surface area contributed by atoms with Crippen LogP contribution in [-0.4, -0.2) is 59.8 Å². The summed E-state index contributed by atoms with van der Waals surface area (Å²) in [6, 6.07) is 6.08. The number of nitrogens with one attached hydrogen (secondary N) is 1. The Hall–Kier alpha value is -3.15. The van der Waals surface area contributed by atoms with E-state index in [4.69, 9.17) is 0 Å². The third-order valence-corrected chi connectivity index (χ3v) is 8.15. The lowest BCUT2D eigenvalue weighted by molar-refractivity contribution is -0.198. The molecule has 2 atom stereocenters. The van der Waals surface area contributed by atoms with Crippen molar-refractivity contribution < 1.29 is 36.0 Å². The summed E-state index contributed by atoms with van der Waals surface area (Å²) in [5.41, 5.74) is -2.60. The van der Waals surface area contributed by atoms with Crippen LogP contribution in [0, 0.1) is 13.8 Å². The first-order valence-corrected chi connectivity index (χ1v) is 12.3. The van der Waals surface area contributed by atoms with Crippen molar-refractivity contribution in [1.82, 2.24) is 14.8 Å². The molecule has 3 amide bonds. The van der Waals surface area contributed by atoms with Gasteiger partial charge in [0.15, 0.2) is 15.6 Å². The molecule has 2 aromatic rings. The molecular weight excluding hydrogens is 475 g/mol. The number of hydrogen-bond donors (Lipinski definition) is 1. The van der Waals surface area contributed by atoms with E-state index >= 15 is 0 Å². The molecule has 0 saturated carbocycles. The summed E-state index contributed by atoms with van der Waals surface area (Å²) in [6.45, 7) is 2.40. The van der Waals surface area contributed by atoms with Gasteiger partial charge in [0.05, 0.1) is 18.1 Å².